The maximum Gasteiger partial charge on any atom is 0.344 e. The molecule has 1 aliphatic heterocycles. The summed E-state index contributed by atoms with van der Waals surface area (Å²) < 4.78 is 14.8. The number of aryl methyl sites for hydroxylation is 1. The molecule has 0 radical (unpaired) electrons. The highest BCUT2D eigenvalue weighted by molar-refractivity contribution is 5.88. The van der Waals surface area contributed by atoms with Crippen LogP contribution in [-0.2, 0) is 16.5 Å². The molecule has 9 heteroatoms. The van der Waals surface area contributed by atoms with Crippen LogP contribution >= 0.6 is 0 Å². The monoisotopic (exact) mass is 356 g/mol. The lowest BCUT2D eigenvalue weighted by atomic mass is 10.2. The number of rotatable bonds is 4. The van der Waals surface area contributed by atoms with Gasteiger partial charge in [-0.05, 0) is 18.9 Å². The van der Waals surface area contributed by atoms with Crippen molar-refractivity contribution >= 4 is 17.1 Å². The van der Waals surface area contributed by atoms with Gasteiger partial charge in [0.15, 0.2) is 23.6 Å². The van der Waals surface area contributed by atoms with Gasteiger partial charge < -0.3 is 14.5 Å². The SMILES string of the molecule is C[n+]1cccc(C(=O)OC[C@@H]2CC[C@H](n3cnc4c(=O)[nH]cnc43)O2)c1. The van der Waals surface area contributed by atoms with Crippen LogP contribution in [0.3, 0.4) is 0 Å². The van der Waals surface area contributed by atoms with E-state index < -0.39 is 0 Å². The molecule has 0 aromatic carbocycles. The molecular formula is C17H18N5O4+. The Labute approximate surface area is 148 Å². The zero-order chi connectivity index (χ0) is 18.1. The summed E-state index contributed by atoms with van der Waals surface area (Å²) in [4.78, 5) is 34.6. The predicted molar refractivity (Wildman–Crippen MR) is 89.2 cm³/mol. The zero-order valence-corrected chi connectivity index (χ0v) is 14.2. The third-order valence-corrected chi connectivity index (χ3v) is 4.34. The molecule has 1 saturated heterocycles. The van der Waals surface area contributed by atoms with Crippen LogP contribution in [0.1, 0.15) is 29.4 Å². The van der Waals surface area contributed by atoms with Crippen molar-refractivity contribution < 1.29 is 18.8 Å². The molecule has 0 spiro atoms. The quantitative estimate of drug-likeness (QED) is 0.539. The van der Waals surface area contributed by atoms with E-state index in [2.05, 4.69) is 15.0 Å². The first kappa shape index (κ1) is 16.4. The Kier molecular flexibility index (Phi) is 4.21. The summed E-state index contributed by atoms with van der Waals surface area (Å²) in [6.07, 6.45) is 7.42. The molecule has 2 atom stereocenters. The van der Waals surface area contributed by atoms with Crippen molar-refractivity contribution in [3.63, 3.8) is 0 Å². The van der Waals surface area contributed by atoms with Gasteiger partial charge in [0.2, 0.25) is 0 Å². The first-order chi connectivity index (χ1) is 12.6. The van der Waals surface area contributed by atoms with Gasteiger partial charge in [0, 0.05) is 6.07 Å². The molecule has 134 valence electrons. The largest absolute Gasteiger partial charge is 0.459 e. The molecule has 9 nitrogen and oxygen atoms in total. The van der Waals surface area contributed by atoms with Crippen molar-refractivity contribution in [2.24, 2.45) is 7.05 Å². The number of hydrogen-bond acceptors (Lipinski definition) is 6. The van der Waals surface area contributed by atoms with Gasteiger partial charge in [-0.1, -0.05) is 0 Å². The number of aromatic amines is 1. The number of pyridine rings is 1. The molecule has 0 unspecified atom stereocenters. The topological polar surface area (TPSA) is 103 Å². The lowest BCUT2D eigenvalue weighted by Crippen LogP contribution is -2.28. The van der Waals surface area contributed by atoms with Crippen molar-refractivity contribution in [3.05, 3.63) is 53.1 Å². The predicted octanol–water partition coefficient (Wildman–Crippen LogP) is 0.479. The fraction of sp³-hybridized carbons (Fsp3) is 0.353. The molecule has 0 amide bonds. The zero-order valence-electron chi connectivity index (χ0n) is 14.2. The summed E-state index contributed by atoms with van der Waals surface area (Å²) in [5.74, 6) is -0.380. The fourth-order valence-corrected chi connectivity index (χ4v) is 3.05. The van der Waals surface area contributed by atoms with Crippen LogP contribution in [0.25, 0.3) is 11.2 Å². The Morgan fingerprint density at radius 3 is 3.19 bits per heavy atom. The number of ether oxygens (including phenoxy) is 2. The van der Waals surface area contributed by atoms with Crippen LogP contribution in [0.15, 0.2) is 42.0 Å². The normalized spacial score (nSPS) is 19.7. The summed E-state index contributed by atoms with van der Waals surface area (Å²) in [5, 5.41) is 0. The average Bonchev–Trinajstić information content (AvgIpc) is 3.27. The standard InChI is InChI=1S/C17H17N5O4/c1-21-6-2-3-11(7-21)17(24)25-8-12-4-5-13(26-12)22-10-20-14-15(22)18-9-19-16(14)23/h2-3,6-7,9-10,12-13H,4-5,8H2,1H3/p+1/t12-,13+/m0/s1. The van der Waals surface area contributed by atoms with Crippen molar-refractivity contribution in [3.8, 4) is 0 Å². The minimum atomic E-state index is -0.380. The Morgan fingerprint density at radius 2 is 2.35 bits per heavy atom. The Morgan fingerprint density at radius 1 is 1.46 bits per heavy atom. The minimum Gasteiger partial charge on any atom is -0.459 e. The highest BCUT2D eigenvalue weighted by atomic mass is 16.6. The molecule has 4 rings (SSSR count). The number of nitrogens with one attached hydrogen (secondary N) is 1. The second kappa shape index (κ2) is 6.68. The van der Waals surface area contributed by atoms with Crippen molar-refractivity contribution in [1.82, 2.24) is 19.5 Å². The summed E-state index contributed by atoms with van der Waals surface area (Å²) >= 11 is 0. The molecule has 0 aliphatic carbocycles. The van der Waals surface area contributed by atoms with Crippen LogP contribution in [0.4, 0.5) is 0 Å². The molecule has 0 saturated carbocycles. The van der Waals surface area contributed by atoms with Crippen LogP contribution in [0.5, 0.6) is 0 Å². The van der Waals surface area contributed by atoms with Gasteiger partial charge in [0.05, 0.1) is 18.8 Å². The first-order valence-corrected chi connectivity index (χ1v) is 8.30. The van der Waals surface area contributed by atoms with E-state index in [1.54, 1.807) is 33.8 Å². The number of hydrogen-bond donors (Lipinski definition) is 1. The van der Waals surface area contributed by atoms with E-state index in [4.69, 9.17) is 9.47 Å². The van der Waals surface area contributed by atoms with Gasteiger partial charge in [-0.15, -0.1) is 0 Å². The lowest BCUT2D eigenvalue weighted by Gasteiger charge is -2.15. The number of fused-ring (bicyclic) bond motifs is 1. The molecular weight excluding hydrogens is 338 g/mol. The number of H-pyrrole nitrogens is 1. The van der Waals surface area contributed by atoms with Gasteiger partial charge >= 0.3 is 5.97 Å². The van der Waals surface area contributed by atoms with E-state index in [1.807, 2.05) is 13.2 Å². The van der Waals surface area contributed by atoms with E-state index in [0.717, 1.165) is 12.8 Å². The average molecular weight is 356 g/mol. The van der Waals surface area contributed by atoms with E-state index in [-0.39, 0.29) is 36.0 Å². The van der Waals surface area contributed by atoms with E-state index >= 15 is 0 Å². The van der Waals surface area contributed by atoms with Gasteiger partial charge in [0.1, 0.15) is 25.4 Å². The van der Waals surface area contributed by atoms with Crippen LogP contribution in [0, 0.1) is 0 Å². The number of imidazole rings is 1. The smallest absolute Gasteiger partial charge is 0.344 e. The molecule has 26 heavy (non-hydrogen) atoms. The minimum absolute atomic E-state index is 0.175. The molecule has 1 aliphatic rings. The van der Waals surface area contributed by atoms with Crippen molar-refractivity contribution in [2.45, 2.75) is 25.2 Å². The van der Waals surface area contributed by atoms with Crippen LogP contribution < -0.4 is 10.1 Å². The number of nitrogens with zero attached hydrogens (tertiary/aromatic N) is 4. The molecule has 1 fully saturated rings. The summed E-state index contributed by atoms with van der Waals surface area (Å²) in [7, 11) is 1.84. The molecule has 4 heterocycles. The van der Waals surface area contributed by atoms with Gasteiger partial charge in [0.25, 0.3) is 5.56 Å². The number of aromatic nitrogens is 5. The molecule has 3 aromatic heterocycles. The summed E-state index contributed by atoms with van der Waals surface area (Å²) in [5.41, 5.74) is 0.970. The third kappa shape index (κ3) is 3.08. The maximum atomic E-state index is 12.1. The van der Waals surface area contributed by atoms with Crippen molar-refractivity contribution in [1.29, 1.82) is 0 Å². The summed E-state index contributed by atoms with van der Waals surface area (Å²) in [6.45, 7) is 0.175. The van der Waals surface area contributed by atoms with Gasteiger partial charge in [-0.25, -0.2) is 19.3 Å². The van der Waals surface area contributed by atoms with Crippen molar-refractivity contribution in [2.75, 3.05) is 6.61 Å². The Bertz CT molecular complexity index is 1010. The van der Waals surface area contributed by atoms with Gasteiger partial charge in [-0.3, -0.25) is 9.36 Å². The second-order valence-corrected chi connectivity index (χ2v) is 6.20. The highest BCUT2D eigenvalue weighted by Gasteiger charge is 2.29. The highest BCUT2D eigenvalue weighted by Crippen LogP contribution is 2.30. The fourth-order valence-electron chi connectivity index (χ4n) is 3.05. The number of carbonyl (C=O) groups is 1. The first-order valence-electron chi connectivity index (χ1n) is 8.30. The summed E-state index contributed by atoms with van der Waals surface area (Å²) in [6, 6.07) is 3.50. The van der Waals surface area contributed by atoms with E-state index in [0.29, 0.717) is 11.2 Å². The van der Waals surface area contributed by atoms with E-state index in [1.165, 1.54) is 6.33 Å². The maximum absolute atomic E-state index is 12.1. The Balaban J connectivity index is 1.40. The third-order valence-electron chi connectivity index (χ3n) is 4.34. The molecule has 0 bridgehead atoms. The van der Waals surface area contributed by atoms with Crippen LogP contribution in [-0.4, -0.2) is 38.2 Å². The second-order valence-electron chi connectivity index (χ2n) is 6.20. The number of esters is 1. The lowest BCUT2D eigenvalue weighted by molar-refractivity contribution is -0.671. The van der Waals surface area contributed by atoms with Gasteiger partial charge in [-0.2, -0.15) is 0 Å². The molecule has 3 aromatic rings. The Hall–Kier alpha value is -3.07. The molecule has 1 N–H and O–H groups in total. The van der Waals surface area contributed by atoms with Crippen LogP contribution in [0.2, 0.25) is 0 Å². The van der Waals surface area contributed by atoms with E-state index in [9.17, 15) is 9.59 Å². The number of carbonyl (C=O) groups excluding carboxylic acids is 1.